The minimum atomic E-state index is -3.64. The van der Waals surface area contributed by atoms with Crippen LogP contribution in [0, 0.1) is 0 Å². The van der Waals surface area contributed by atoms with Crippen LogP contribution in [0.2, 0.25) is 0 Å². The number of anilines is 2. The lowest BCUT2D eigenvalue weighted by Crippen LogP contribution is -2.50. The summed E-state index contributed by atoms with van der Waals surface area (Å²) in [5.41, 5.74) is 2.49. The molecule has 6 aromatic rings. The molecule has 14 nitrogen and oxygen atoms in total. The van der Waals surface area contributed by atoms with Crippen molar-refractivity contribution in [2.24, 2.45) is 7.05 Å². The van der Waals surface area contributed by atoms with Crippen LogP contribution in [0.3, 0.4) is 0 Å². The van der Waals surface area contributed by atoms with E-state index in [-0.39, 0.29) is 26.9 Å². The number of benzene rings is 4. The van der Waals surface area contributed by atoms with Crippen LogP contribution in [0.4, 0.5) is 21.0 Å². The van der Waals surface area contributed by atoms with Gasteiger partial charge in [-0.15, -0.1) is 0 Å². The van der Waals surface area contributed by atoms with Gasteiger partial charge in [0, 0.05) is 82.6 Å². The van der Waals surface area contributed by atoms with E-state index in [2.05, 4.69) is 14.8 Å². The lowest BCUT2D eigenvalue weighted by molar-refractivity contribution is 0.0230. The summed E-state index contributed by atoms with van der Waals surface area (Å²) < 4.78 is 65.7. The number of rotatable bonds is 6. The molecule has 2 saturated heterocycles. The molecular weight excluding hydrogens is 841 g/mol. The average Bonchev–Trinajstić information content (AvgIpc) is 3.86. The van der Waals surface area contributed by atoms with Crippen LogP contribution in [0.25, 0.3) is 21.8 Å². The number of ether oxygens (including phenoxy) is 2. The number of piperazine rings is 2. The highest BCUT2D eigenvalue weighted by atomic mass is 32.2. The molecular formula is C47H56N6O8S2. The zero-order chi connectivity index (χ0) is 45.3. The maximum Gasteiger partial charge on any atom is 0.410 e. The number of nitrogens with zero attached hydrogens (tertiary/aromatic N) is 5. The van der Waals surface area contributed by atoms with Crippen molar-refractivity contribution in [1.82, 2.24) is 19.4 Å². The van der Waals surface area contributed by atoms with E-state index in [4.69, 9.17) is 9.47 Å². The smallest absolute Gasteiger partial charge is 0.410 e. The summed E-state index contributed by atoms with van der Waals surface area (Å²) in [6, 6.07) is 28.4. The molecule has 4 heterocycles. The van der Waals surface area contributed by atoms with Gasteiger partial charge in [0.05, 0.1) is 42.0 Å². The molecule has 2 aliphatic rings. The van der Waals surface area contributed by atoms with Gasteiger partial charge in [-0.2, -0.15) is 0 Å². The molecule has 8 rings (SSSR count). The third-order valence-corrected chi connectivity index (χ3v) is 14.4. The monoisotopic (exact) mass is 896 g/mol. The van der Waals surface area contributed by atoms with Crippen molar-refractivity contribution in [1.29, 1.82) is 0 Å². The minimum absolute atomic E-state index is 0.267. The third-order valence-electron chi connectivity index (χ3n) is 10.8. The van der Waals surface area contributed by atoms with E-state index >= 15 is 0 Å². The number of sulfone groups is 2. The number of hydrogen-bond donors (Lipinski definition) is 1. The fourth-order valence-corrected chi connectivity index (χ4v) is 10.8. The maximum absolute atomic E-state index is 13.3. The number of amides is 2. The average molecular weight is 897 g/mol. The lowest BCUT2D eigenvalue weighted by Gasteiger charge is -2.37. The van der Waals surface area contributed by atoms with Gasteiger partial charge >= 0.3 is 12.2 Å². The normalized spacial score (nSPS) is 15.3. The summed E-state index contributed by atoms with van der Waals surface area (Å²) in [5, 5.41) is 1.36. The van der Waals surface area contributed by atoms with Gasteiger partial charge in [0.2, 0.25) is 19.7 Å². The topological polar surface area (TPSA) is 155 Å². The van der Waals surface area contributed by atoms with Crippen molar-refractivity contribution >= 4 is 65.0 Å². The van der Waals surface area contributed by atoms with Gasteiger partial charge in [-0.3, -0.25) is 0 Å². The first-order valence-electron chi connectivity index (χ1n) is 21.0. The van der Waals surface area contributed by atoms with Gasteiger partial charge in [-0.25, -0.2) is 26.4 Å². The molecule has 16 heteroatoms. The summed E-state index contributed by atoms with van der Waals surface area (Å²) in [6.45, 7) is 15.9. The predicted octanol–water partition coefficient (Wildman–Crippen LogP) is 8.13. The Morgan fingerprint density at radius 2 is 0.968 bits per heavy atom. The molecule has 2 aliphatic heterocycles. The quantitative estimate of drug-likeness (QED) is 0.173. The highest BCUT2D eigenvalue weighted by Gasteiger charge is 2.31. The highest BCUT2D eigenvalue weighted by molar-refractivity contribution is 7.92. The summed E-state index contributed by atoms with van der Waals surface area (Å²) in [5.74, 6) is 0. The summed E-state index contributed by atoms with van der Waals surface area (Å²) >= 11 is 0. The number of aromatic nitrogens is 2. The van der Waals surface area contributed by atoms with Crippen LogP contribution in [0.1, 0.15) is 41.5 Å². The van der Waals surface area contributed by atoms with Crippen molar-refractivity contribution in [2.75, 3.05) is 62.2 Å². The van der Waals surface area contributed by atoms with Crippen LogP contribution in [-0.4, -0.2) is 112 Å². The standard InChI is InChI=1S/C24H29N3O4S.C23H27N3O4S/c1-24(2,3)31-23(28)27-15-13-26(14-16-27)20-12-8-11-19-21(17-25(4)22(19)20)32(29,30)18-9-6-5-7-10-18;1-23(2,3)30-22(27)26-14-12-25(13-15-26)19-11-7-10-18-20(16-24-21(18)19)31(28,29)17-8-5-4-6-9-17/h5-12,17H,13-16H2,1-4H3;4-11,16,24H,12-15H2,1-3H3. The van der Waals surface area contributed by atoms with Crippen LogP contribution < -0.4 is 9.80 Å². The molecule has 334 valence electrons. The molecule has 0 radical (unpaired) electrons. The second-order valence-corrected chi connectivity index (χ2v) is 21.5. The van der Waals surface area contributed by atoms with Gasteiger partial charge in [-0.1, -0.05) is 60.7 Å². The minimum Gasteiger partial charge on any atom is -0.444 e. The van der Waals surface area contributed by atoms with Gasteiger partial charge < -0.3 is 38.6 Å². The number of H-pyrrole nitrogens is 1. The molecule has 0 aliphatic carbocycles. The number of nitrogens with one attached hydrogen (secondary N) is 1. The molecule has 0 saturated carbocycles. The van der Waals surface area contributed by atoms with Crippen molar-refractivity contribution in [3.8, 4) is 0 Å². The Labute approximate surface area is 369 Å². The Balaban J connectivity index is 0.000000189. The fourth-order valence-electron chi connectivity index (χ4n) is 7.84. The first-order chi connectivity index (χ1) is 29.7. The van der Waals surface area contributed by atoms with E-state index in [1.807, 2.05) is 89.6 Å². The molecule has 0 bridgehead atoms. The van der Waals surface area contributed by atoms with Crippen molar-refractivity contribution in [2.45, 2.75) is 72.3 Å². The van der Waals surface area contributed by atoms with E-state index < -0.39 is 30.9 Å². The lowest BCUT2D eigenvalue weighted by atomic mass is 10.2. The molecule has 0 atom stereocenters. The zero-order valence-electron chi connectivity index (χ0n) is 36.9. The largest absolute Gasteiger partial charge is 0.444 e. The van der Waals surface area contributed by atoms with Crippen molar-refractivity contribution < 1.29 is 35.9 Å². The first kappa shape index (κ1) is 45.0. The SMILES string of the molecule is CC(C)(C)OC(=O)N1CCN(c2cccc3c(S(=O)(=O)c4ccccc4)c[nH]c23)CC1.Cn1cc(S(=O)(=O)c2ccccc2)c2cccc(N3CCN(C(=O)OC(C)(C)C)CC3)c21. The van der Waals surface area contributed by atoms with Crippen LogP contribution in [0.5, 0.6) is 0 Å². The molecule has 0 unspecified atom stereocenters. The summed E-state index contributed by atoms with van der Waals surface area (Å²) in [4.78, 5) is 36.8. The molecule has 63 heavy (non-hydrogen) atoms. The second kappa shape index (κ2) is 17.6. The van der Waals surface area contributed by atoms with Gasteiger partial charge in [0.25, 0.3) is 0 Å². The van der Waals surface area contributed by atoms with E-state index in [1.54, 1.807) is 82.9 Å². The van der Waals surface area contributed by atoms with Crippen LogP contribution in [0.15, 0.2) is 129 Å². The number of para-hydroxylation sites is 2. The van der Waals surface area contributed by atoms with E-state index in [0.29, 0.717) is 68.0 Å². The molecule has 4 aromatic carbocycles. The first-order valence-corrected chi connectivity index (χ1v) is 24.0. The number of aromatic amines is 1. The Bertz CT molecular complexity index is 2810. The number of carbonyl (C=O) groups is 2. The highest BCUT2D eigenvalue weighted by Crippen LogP contribution is 2.36. The zero-order valence-corrected chi connectivity index (χ0v) is 38.5. The molecule has 2 aromatic heterocycles. The van der Waals surface area contributed by atoms with Crippen molar-refractivity contribution in [3.63, 3.8) is 0 Å². The van der Waals surface area contributed by atoms with Crippen LogP contribution >= 0.6 is 0 Å². The number of aryl methyl sites for hydroxylation is 1. The number of carbonyl (C=O) groups excluding carboxylic acids is 2. The Morgan fingerprint density at radius 1 is 0.540 bits per heavy atom. The summed E-state index contributed by atoms with van der Waals surface area (Å²) in [7, 11) is -5.40. The van der Waals surface area contributed by atoms with Crippen LogP contribution in [-0.2, 0) is 36.2 Å². The maximum atomic E-state index is 13.3. The predicted molar refractivity (Wildman–Crippen MR) is 245 cm³/mol. The van der Waals surface area contributed by atoms with Gasteiger partial charge in [-0.05, 0) is 77.9 Å². The summed E-state index contributed by atoms with van der Waals surface area (Å²) in [6.07, 6.45) is 2.65. The fraction of sp³-hybridized carbons (Fsp3) is 0.362. The number of fused-ring (bicyclic) bond motifs is 2. The molecule has 2 fully saturated rings. The van der Waals surface area contributed by atoms with Gasteiger partial charge in [0.15, 0.2) is 0 Å². The van der Waals surface area contributed by atoms with Crippen molar-refractivity contribution in [3.05, 3.63) is 109 Å². The van der Waals surface area contributed by atoms with E-state index in [0.717, 1.165) is 22.4 Å². The Hall–Kier alpha value is -6.00. The Morgan fingerprint density at radius 3 is 1.44 bits per heavy atom. The third kappa shape index (κ3) is 9.81. The van der Waals surface area contributed by atoms with E-state index in [1.165, 1.54) is 0 Å². The molecule has 0 spiro atoms. The van der Waals surface area contributed by atoms with E-state index in [9.17, 15) is 26.4 Å². The molecule has 1 N–H and O–H groups in total. The second-order valence-electron chi connectivity index (χ2n) is 17.7. The number of hydrogen-bond acceptors (Lipinski definition) is 10. The Kier molecular flexibility index (Phi) is 12.6. The molecule has 2 amide bonds. The van der Waals surface area contributed by atoms with Gasteiger partial charge in [0.1, 0.15) is 11.2 Å².